The Labute approximate surface area is 223 Å². The average Bonchev–Trinajstić information content (AvgIpc) is 3.21. The Morgan fingerprint density at radius 1 is 1.00 bits per heavy atom. The van der Waals surface area contributed by atoms with Crippen molar-refractivity contribution in [2.45, 2.75) is 70.3 Å². The molecule has 1 aliphatic heterocycles. The maximum Gasteiger partial charge on any atom is 0.410 e. The Balaban J connectivity index is 2.04. The molecule has 10 heteroatoms. The Hall–Kier alpha value is -2.90. The number of rotatable bonds is 4. The predicted molar refractivity (Wildman–Crippen MR) is 143 cm³/mol. The number of hydrogen-bond donors (Lipinski definition) is 0. The molecule has 0 aliphatic carbocycles. The van der Waals surface area contributed by atoms with E-state index in [1.165, 1.54) is 16.2 Å². The van der Waals surface area contributed by atoms with Gasteiger partial charge in [-0.05, 0) is 77.8 Å². The lowest BCUT2D eigenvalue weighted by Crippen LogP contribution is -2.40. The molecular formula is C27H34N2O6S2. The highest BCUT2D eigenvalue weighted by molar-refractivity contribution is 7.92. The molecule has 0 saturated carbocycles. The van der Waals surface area contributed by atoms with Crippen molar-refractivity contribution in [2.24, 2.45) is 0 Å². The van der Waals surface area contributed by atoms with Gasteiger partial charge in [-0.1, -0.05) is 12.1 Å². The summed E-state index contributed by atoms with van der Waals surface area (Å²) >= 11 is 1.29. The Kier molecular flexibility index (Phi) is 8.11. The summed E-state index contributed by atoms with van der Waals surface area (Å²) in [5.74, 6) is -0.922. The first-order valence-corrected chi connectivity index (χ1v) is 14.6. The first-order chi connectivity index (χ1) is 17.1. The number of esters is 1. The summed E-state index contributed by atoms with van der Waals surface area (Å²) < 4.78 is 37.3. The van der Waals surface area contributed by atoms with E-state index in [0.717, 1.165) is 10.4 Å². The molecule has 1 aliphatic rings. The second-order valence-electron chi connectivity index (χ2n) is 11.1. The van der Waals surface area contributed by atoms with Gasteiger partial charge in [0.2, 0.25) is 0 Å². The number of carbonyl (C=O) groups is 2. The lowest BCUT2D eigenvalue weighted by atomic mass is 9.97. The monoisotopic (exact) mass is 546 g/mol. The summed E-state index contributed by atoms with van der Waals surface area (Å²) in [6, 6.07) is 12.7. The molecule has 0 N–H and O–H groups in total. The fourth-order valence-corrected chi connectivity index (χ4v) is 7.73. The van der Waals surface area contributed by atoms with E-state index >= 15 is 0 Å². The van der Waals surface area contributed by atoms with E-state index < -0.39 is 37.8 Å². The van der Waals surface area contributed by atoms with Crippen molar-refractivity contribution in [1.29, 1.82) is 5.26 Å². The fourth-order valence-electron chi connectivity index (χ4n) is 4.14. The topological polar surface area (TPSA) is 114 Å². The second kappa shape index (κ2) is 10.5. The number of hydrogen-bond acceptors (Lipinski definition) is 8. The molecule has 1 amide bonds. The maximum atomic E-state index is 13.9. The molecular weight excluding hydrogens is 512 g/mol. The van der Waals surface area contributed by atoms with Gasteiger partial charge in [0.25, 0.3) is 0 Å². The van der Waals surface area contributed by atoms with Crippen LogP contribution in [-0.2, 0) is 28.9 Å². The first kappa shape index (κ1) is 28.7. The normalized spacial score (nSPS) is 20.0. The van der Waals surface area contributed by atoms with E-state index in [4.69, 9.17) is 14.7 Å². The highest BCUT2D eigenvalue weighted by Crippen LogP contribution is 2.45. The number of sulfone groups is 1. The number of carbonyl (C=O) groups excluding carboxylic acids is 2. The molecule has 3 rings (SSSR count). The third-order valence-corrected chi connectivity index (χ3v) is 9.81. The van der Waals surface area contributed by atoms with Gasteiger partial charge >= 0.3 is 12.1 Å². The van der Waals surface area contributed by atoms with Crippen LogP contribution in [0.2, 0.25) is 0 Å². The Bertz CT molecular complexity index is 1290. The van der Waals surface area contributed by atoms with Gasteiger partial charge in [0.05, 0.1) is 23.8 Å². The summed E-state index contributed by atoms with van der Waals surface area (Å²) in [4.78, 5) is 28.5. The highest BCUT2D eigenvalue weighted by Gasteiger charge is 2.50. The van der Waals surface area contributed by atoms with Gasteiger partial charge in [-0.25, -0.2) is 13.2 Å². The van der Waals surface area contributed by atoms with E-state index in [1.807, 2.05) is 6.07 Å². The molecule has 0 radical (unpaired) electrons. The largest absolute Gasteiger partial charge is 0.460 e. The van der Waals surface area contributed by atoms with Crippen molar-refractivity contribution in [3.05, 3.63) is 46.8 Å². The molecule has 2 heterocycles. The SMILES string of the molecule is CC(C)(C)OC(=O)CC1(c2ccc(-c3ccc(C#N)cc3)s2)CCN(C(=O)OC(C)(C)C)CCS1(=O)=O. The third-order valence-electron chi connectivity index (χ3n) is 5.87. The number of nitrogens with zero attached hydrogens (tertiary/aromatic N) is 2. The zero-order chi connectivity index (χ0) is 27.6. The summed E-state index contributed by atoms with van der Waals surface area (Å²) in [6.45, 7) is 10.5. The van der Waals surface area contributed by atoms with Crippen LogP contribution < -0.4 is 0 Å². The van der Waals surface area contributed by atoms with E-state index in [1.54, 1.807) is 71.9 Å². The number of amides is 1. The molecule has 0 bridgehead atoms. The summed E-state index contributed by atoms with van der Waals surface area (Å²) in [6.07, 6.45) is -0.913. The van der Waals surface area contributed by atoms with Crippen LogP contribution in [0, 0.1) is 11.3 Å². The third kappa shape index (κ3) is 6.90. The molecule has 1 fully saturated rings. The van der Waals surface area contributed by atoms with Crippen LogP contribution >= 0.6 is 11.3 Å². The van der Waals surface area contributed by atoms with Gasteiger partial charge < -0.3 is 14.4 Å². The lowest BCUT2D eigenvalue weighted by molar-refractivity contribution is -0.155. The van der Waals surface area contributed by atoms with E-state index in [0.29, 0.717) is 10.4 Å². The first-order valence-electron chi connectivity index (χ1n) is 12.1. The molecule has 0 spiro atoms. The highest BCUT2D eigenvalue weighted by atomic mass is 32.2. The van der Waals surface area contributed by atoms with Crippen molar-refractivity contribution >= 4 is 33.2 Å². The van der Waals surface area contributed by atoms with Gasteiger partial charge in [0.15, 0.2) is 9.84 Å². The molecule has 8 nitrogen and oxygen atoms in total. The van der Waals surface area contributed by atoms with E-state index in [-0.39, 0.29) is 31.7 Å². The molecule has 1 aromatic heterocycles. The molecule has 1 aromatic carbocycles. The number of nitriles is 1. The quantitative estimate of drug-likeness (QED) is 0.480. The van der Waals surface area contributed by atoms with Crippen molar-refractivity contribution < 1.29 is 27.5 Å². The number of benzene rings is 1. The van der Waals surface area contributed by atoms with Crippen molar-refractivity contribution in [3.63, 3.8) is 0 Å². The molecule has 37 heavy (non-hydrogen) atoms. The predicted octanol–water partition coefficient (Wildman–Crippen LogP) is 5.27. The van der Waals surface area contributed by atoms with Crippen LogP contribution in [0.4, 0.5) is 4.79 Å². The van der Waals surface area contributed by atoms with Gasteiger partial charge in [-0.15, -0.1) is 11.3 Å². The number of ether oxygens (including phenoxy) is 2. The van der Waals surface area contributed by atoms with Crippen LogP contribution in [0.3, 0.4) is 0 Å². The van der Waals surface area contributed by atoms with E-state index in [9.17, 15) is 18.0 Å². The van der Waals surface area contributed by atoms with Gasteiger partial charge in [-0.2, -0.15) is 5.26 Å². The van der Waals surface area contributed by atoms with Gasteiger partial charge in [0, 0.05) is 22.8 Å². The standard InChI is InChI=1S/C27H34N2O6S2/c1-25(2,3)34-23(30)17-27(22-12-11-21(36-22)20-9-7-19(18-28)8-10-20)13-14-29(15-16-37(27,32)33)24(31)35-26(4,5)6/h7-12H,13-17H2,1-6H3. The molecule has 1 atom stereocenters. The van der Waals surface area contributed by atoms with Crippen molar-refractivity contribution in [1.82, 2.24) is 4.90 Å². The smallest absolute Gasteiger partial charge is 0.410 e. The second-order valence-corrected chi connectivity index (χ2v) is 14.6. The zero-order valence-corrected chi connectivity index (χ0v) is 23.8. The number of thiophene rings is 1. The van der Waals surface area contributed by atoms with Gasteiger partial charge in [0.1, 0.15) is 15.9 Å². The minimum absolute atomic E-state index is 0.0266. The summed E-state index contributed by atoms with van der Waals surface area (Å²) in [7, 11) is -3.90. The molecule has 1 unspecified atom stereocenters. The van der Waals surface area contributed by atoms with Crippen LogP contribution in [-0.4, -0.2) is 55.4 Å². The molecule has 1 saturated heterocycles. The average molecular weight is 547 g/mol. The summed E-state index contributed by atoms with van der Waals surface area (Å²) in [5.41, 5.74) is -0.141. The fraction of sp³-hybridized carbons (Fsp3) is 0.519. The maximum absolute atomic E-state index is 13.9. The Morgan fingerprint density at radius 3 is 2.19 bits per heavy atom. The molecule has 2 aromatic rings. The van der Waals surface area contributed by atoms with E-state index in [2.05, 4.69) is 6.07 Å². The minimum atomic E-state index is -3.90. The Morgan fingerprint density at radius 2 is 1.62 bits per heavy atom. The minimum Gasteiger partial charge on any atom is -0.460 e. The zero-order valence-electron chi connectivity index (χ0n) is 22.2. The van der Waals surface area contributed by atoms with Crippen LogP contribution in [0.25, 0.3) is 10.4 Å². The van der Waals surface area contributed by atoms with Crippen molar-refractivity contribution in [2.75, 3.05) is 18.8 Å². The lowest BCUT2D eigenvalue weighted by Gasteiger charge is -2.32. The van der Waals surface area contributed by atoms with Crippen molar-refractivity contribution in [3.8, 4) is 16.5 Å². The van der Waals surface area contributed by atoms with Gasteiger partial charge in [-0.3, -0.25) is 4.79 Å². The summed E-state index contributed by atoms with van der Waals surface area (Å²) in [5, 5.41) is 9.08. The van der Waals surface area contributed by atoms with Crippen LogP contribution in [0.1, 0.15) is 64.8 Å². The van der Waals surface area contributed by atoms with Crippen LogP contribution in [0.15, 0.2) is 36.4 Å². The molecule has 200 valence electrons. The van der Waals surface area contributed by atoms with Crippen LogP contribution in [0.5, 0.6) is 0 Å².